The largest absolute Gasteiger partial charge is 0.376 e. The number of hydrogen-bond acceptors (Lipinski definition) is 3. The molecular formula is C15H20ClN3O. The second-order valence-corrected chi connectivity index (χ2v) is 5.74. The van der Waals surface area contributed by atoms with Crippen molar-refractivity contribution in [2.45, 2.75) is 33.2 Å². The van der Waals surface area contributed by atoms with Crippen LogP contribution < -0.4 is 10.6 Å². The molecule has 4 nitrogen and oxygen atoms in total. The first kappa shape index (κ1) is 16.3. The van der Waals surface area contributed by atoms with Crippen molar-refractivity contribution >= 4 is 23.2 Å². The van der Waals surface area contributed by atoms with E-state index in [4.69, 9.17) is 16.9 Å². The molecule has 2 N–H and O–H groups in total. The number of nitrogens with one attached hydrogen (secondary N) is 2. The first-order valence-electron chi connectivity index (χ1n) is 6.51. The molecular weight excluding hydrogens is 274 g/mol. The molecule has 1 aromatic rings. The summed E-state index contributed by atoms with van der Waals surface area (Å²) >= 11 is 6.02. The number of nitrogens with zero attached hydrogens (tertiary/aromatic N) is 1. The lowest BCUT2D eigenvalue weighted by atomic mass is 9.90. The predicted octanol–water partition coefficient (Wildman–Crippen LogP) is 3.11. The highest BCUT2D eigenvalue weighted by Gasteiger charge is 2.29. The minimum absolute atomic E-state index is 0.0327. The van der Waals surface area contributed by atoms with Gasteiger partial charge in [-0.2, -0.15) is 5.26 Å². The van der Waals surface area contributed by atoms with Crippen LogP contribution in [0, 0.1) is 24.2 Å². The Morgan fingerprint density at radius 1 is 1.50 bits per heavy atom. The number of nitriles is 1. The standard InChI is InChI=1S/C15H20ClN3O/c1-10(2)15(4,9-17)19-14(20)8-18-12-6-5-11(3)13(16)7-12/h5-7,10,18H,8H2,1-4H3,(H,19,20). The van der Waals surface area contributed by atoms with E-state index in [-0.39, 0.29) is 18.4 Å². The van der Waals surface area contributed by atoms with E-state index in [0.29, 0.717) is 5.02 Å². The zero-order valence-corrected chi connectivity index (χ0v) is 13.0. The molecule has 0 bridgehead atoms. The topological polar surface area (TPSA) is 64.9 Å². The number of rotatable bonds is 5. The van der Waals surface area contributed by atoms with Gasteiger partial charge in [0.05, 0.1) is 12.6 Å². The normalized spacial score (nSPS) is 13.4. The van der Waals surface area contributed by atoms with Crippen molar-refractivity contribution in [3.05, 3.63) is 28.8 Å². The molecule has 1 unspecified atom stereocenters. The maximum absolute atomic E-state index is 11.9. The molecule has 0 aliphatic heterocycles. The second kappa shape index (κ2) is 6.62. The average molecular weight is 294 g/mol. The van der Waals surface area contributed by atoms with Crippen molar-refractivity contribution in [2.24, 2.45) is 5.92 Å². The minimum atomic E-state index is -0.857. The van der Waals surface area contributed by atoms with E-state index in [9.17, 15) is 4.79 Å². The van der Waals surface area contributed by atoms with Crippen molar-refractivity contribution in [3.8, 4) is 6.07 Å². The fourth-order valence-electron chi connectivity index (χ4n) is 1.52. The van der Waals surface area contributed by atoms with Crippen LogP contribution in [0.25, 0.3) is 0 Å². The van der Waals surface area contributed by atoms with Gasteiger partial charge in [-0.3, -0.25) is 4.79 Å². The summed E-state index contributed by atoms with van der Waals surface area (Å²) in [5, 5.41) is 15.5. The van der Waals surface area contributed by atoms with Gasteiger partial charge in [0.25, 0.3) is 0 Å². The van der Waals surface area contributed by atoms with Crippen molar-refractivity contribution in [2.75, 3.05) is 11.9 Å². The Bertz CT molecular complexity index is 536. The number of aryl methyl sites for hydroxylation is 1. The SMILES string of the molecule is Cc1ccc(NCC(=O)NC(C)(C#N)C(C)C)cc1Cl. The number of carbonyl (C=O) groups is 1. The summed E-state index contributed by atoms with van der Waals surface area (Å²) in [6, 6.07) is 7.66. The summed E-state index contributed by atoms with van der Waals surface area (Å²) in [6.07, 6.45) is 0. The zero-order valence-electron chi connectivity index (χ0n) is 12.2. The van der Waals surface area contributed by atoms with E-state index in [1.54, 1.807) is 13.0 Å². The Labute approximate surface area is 125 Å². The summed E-state index contributed by atoms with van der Waals surface area (Å²) in [6.45, 7) is 7.54. The second-order valence-electron chi connectivity index (χ2n) is 5.33. The first-order valence-corrected chi connectivity index (χ1v) is 6.88. The molecule has 0 aliphatic rings. The van der Waals surface area contributed by atoms with Crippen LogP contribution in [0.3, 0.4) is 0 Å². The molecule has 0 spiro atoms. The van der Waals surface area contributed by atoms with Gasteiger partial charge >= 0.3 is 0 Å². The summed E-state index contributed by atoms with van der Waals surface area (Å²) in [5.41, 5.74) is 0.904. The molecule has 1 atom stereocenters. The van der Waals surface area contributed by atoms with Gasteiger partial charge in [0.2, 0.25) is 5.91 Å². The molecule has 1 aromatic carbocycles. The Kier molecular flexibility index (Phi) is 5.41. The Hall–Kier alpha value is -1.73. The molecule has 1 rings (SSSR count). The van der Waals surface area contributed by atoms with Gasteiger partial charge in [-0.1, -0.05) is 31.5 Å². The number of hydrogen-bond donors (Lipinski definition) is 2. The summed E-state index contributed by atoms with van der Waals surface area (Å²) in [5.74, 6) is -0.190. The number of benzene rings is 1. The lowest BCUT2D eigenvalue weighted by Gasteiger charge is -2.27. The van der Waals surface area contributed by atoms with Crippen LogP contribution in [0.2, 0.25) is 5.02 Å². The smallest absolute Gasteiger partial charge is 0.240 e. The number of amides is 1. The maximum atomic E-state index is 11.9. The Balaban J connectivity index is 2.60. The van der Waals surface area contributed by atoms with E-state index >= 15 is 0 Å². The van der Waals surface area contributed by atoms with E-state index in [1.807, 2.05) is 32.9 Å². The highest BCUT2D eigenvalue weighted by atomic mass is 35.5. The number of anilines is 1. The fourth-order valence-corrected chi connectivity index (χ4v) is 1.70. The Morgan fingerprint density at radius 2 is 2.15 bits per heavy atom. The average Bonchev–Trinajstić information content (AvgIpc) is 2.39. The third-order valence-corrected chi connectivity index (χ3v) is 3.82. The van der Waals surface area contributed by atoms with Crippen LogP contribution in [0.1, 0.15) is 26.3 Å². The zero-order chi connectivity index (χ0) is 15.3. The van der Waals surface area contributed by atoms with E-state index in [1.165, 1.54) is 0 Å². The van der Waals surface area contributed by atoms with Crippen molar-refractivity contribution < 1.29 is 4.79 Å². The van der Waals surface area contributed by atoms with Crippen LogP contribution in [0.4, 0.5) is 5.69 Å². The van der Waals surface area contributed by atoms with Crippen LogP contribution in [-0.2, 0) is 4.79 Å². The summed E-state index contributed by atoms with van der Waals surface area (Å²) in [4.78, 5) is 11.9. The molecule has 0 saturated carbocycles. The molecule has 5 heteroatoms. The molecule has 20 heavy (non-hydrogen) atoms. The van der Waals surface area contributed by atoms with Gasteiger partial charge in [-0.25, -0.2) is 0 Å². The van der Waals surface area contributed by atoms with Gasteiger partial charge in [0, 0.05) is 10.7 Å². The number of halogens is 1. The summed E-state index contributed by atoms with van der Waals surface area (Å²) < 4.78 is 0. The van der Waals surface area contributed by atoms with Crippen LogP contribution in [-0.4, -0.2) is 18.0 Å². The van der Waals surface area contributed by atoms with Gasteiger partial charge in [-0.15, -0.1) is 0 Å². The highest BCUT2D eigenvalue weighted by Crippen LogP contribution is 2.20. The van der Waals surface area contributed by atoms with Crippen LogP contribution in [0.5, 0.6) is 0 Å². The lowest BCUT2D eigenvalue weighted by Crippen LogP contribution is -2.50. The first-order chi connectivity index (χ1) is 9.28. The predicted molar refractivity (Wildman–Crippen MR) is 81.7 cm³/mol. The van der Waals surface area contributed by atoms with Gasteiger partial charge in [-0.05, 0) is 37.5 Å². The number of carbonyl (C=O) groups excluding carboxylic acids is 1. The van der Waals surface area contributed by atoms with Gasteiger partial charge in [0.1, 0.15) is 5.54 Å². The third-order valence-electron chi connectivity index (χ3n) is 3.41. The van der Waals surface area contributed by atoms with E-state index < -0.39 is 5.54 Å². The molecule has 0 fully saturated rings. The summed E-state index contributed by atoms with van der Waals surface area (Å²) in [7, 11) is 0. The molecule has 0 heterocycles. The lowest BCUT2D eigenvalue weighted by molar-refractivity contribution is -0.121. The van der Waals surface area contributed by atoms with Crippen molar-refractivity contribution in [1.82, 2.24) is 5.32 Å². The maximum Gasteiger partial charge on any atom is 0.240 e. The monoisotopic (exact) mass is 293 g/mol. The van der Waals surface area contributed by atoms with Crippen LogP contribution in [0.15, 0.2) is 18.2 Å². The van der Waals surface area contributed by atoms with Crippen LogP contribution >= 0.6 is 11.6 Å². The molecule has 0 aromatic heterocycles. The fraction of sp³-hybridized carbons (Fsp3) is 0.467. The van der Waals surface area contributed by atoms with Crippen molar-refractivity contribution in [1.29, 1.82) is 5.26 Å². The van der Waals surface area contributed by atoms with Gasteiger partial charge < -0.3 is 10.6 Å². The van der Waals surface area contributed by atoms with E-state index in [2.05, 4.69) is 16.7 Å². The third kappa shape index (κ3) is 4.14. The molecule has 0 radical (unpaired) electrons. The van der Waals surface area contributed by atoms with Crippen molar-refractivity contribution in [3.63, 3.8) is 0 Å². The van der Waals surface area contributed by atoms with E-state index in [0.717, 1.165) is 11.3 Å². The quantitative estimate of drug-likeness (QED) is 0.876. The minimum Gasteiger partial charge on any atom is -0.376 e. The molecule has 108 valence electrons. The molecule has 1 amide bonds. The highest BCUT2D eigenvalue weighted by molar-refractivity contribution is 6.31. The van der Waals surface area contributed by atoms with Gasteiger partial charge in [0.15, 0.2) is 0 Å². The molecule has 0 saturated heterocycles. The molecule has 0 aliphatic carbocycles. The Morgan fingerprint density at radius 3 is 2.65 bits per heavy atom.